The van der Waals surface area contributed by atoms with Crippen molar-refractivity contribution in [2.24, 2.45) is 11.3 Å². The van der Waals surface area contributed by atoms with Crippen molar-refractivity contribution < 1.29 is 4.79 Å². The molecule has 3 nitrogen and oxygen atoms in total. The summed E-state index contributed by atoms with van der Waals surface area (Å²) in [4.78, 5) is 12.6. The van der Waals surface area contributed by atoms with Crippen molar-refractivity contribution in [2.75, 3.05) is 0 Å². The molecule has 1 aliphatic carbocycles. The molecule has 4 heteroatoms. The fraction of sp³-hybridized carbons (Fsp3) is 0.706. The highest BCUT2D eigenvalue weighted by atomic mass is 79.9. The molecule has 0 bridgehead atoms. The van der Waals surface area contributed by atoms with Crippen LogP contribution in [0.25, 0.3) is 0 Å². The molecular formula is C17H27BrN2O. The lowest BCUT2D eigenvalue weighted by Crippen LogP contribution is -2.47. The molecule has 0 aliphatic heterocycles. The molecule has 2 unspecified atom stereocenters. The number of hydrogen-bond donors (Lipinski definition) is 1. The Labute approximate surface area is 136 Å². The van der Waals surface area contributed by atoms with E-state index < -0.39 is 0 Å². The van der Waals surface area contributed by atoms with Crippen LogP contribution in [0.3, 0.4) is 0 Å². The van der Waals surface area contributed by atoms with Crippen molar-refractivity contribution >= 4 is 21.8 Å². The zero-order chi connectivity index (χ0) is 15.6. The predicted molar refractivity (Wildman–Crippen MR) is 90.5 cm³/mol. The number of carbonyl (C=O) groups is 1. The third kappa shape index (κ3) is 3.91. The number of nitrogens with one attached hydrogen (secondary N) is 1. The molecule has 2 atom stereocenters. The van der Waals surface area contributed by atoms with E-state index in [2.05, 4.69) is 48.9 Å². The minimum absolute atomic E-state index is 0.0590. The smallest absolute Gasteiger partial charge is 0.268 e. The zero-order valence-corrected chi connectivity index (χ0v) is 15.2. The maximum absolute atomic E-state index is 12.6. The normalized spacial score (nSPS) is 23.1. The first-order chi connectivity index (χ1) is 9.82. The van der Waals surface area contributed by atoms with Crippen LogP contribution in [0.5, 0.6) is 0 Å². The van der Waals surface area contributed by atoms with Gasteiger partial charge in [-0.3, -0.25) is 4.79 Å². The Morgan fingerprint density at radius 3 is 2.67 bits per heavy atom. The molecule has 0 saturated heterocycles. The van der Waals surface area contributed by atoms with Crippen LogP contribution in [-0.4, -0.2) is 16.5 Å². The first kappa shape index (κ1) is 16.6. The lowest BCUT2D eigenvalue weighted by molar-refractivity contribution is 0.0821. The van der Waals surface area contributed by atoms with E-state index in [0.717, 1.165) is 23.1 Å². The van der Waals surface area contributed by atoms with Crippen molar-refractivity contribution in [1.82, 2.24) is 9.88 Å². The molecule has 1 aliphatic rings. The lowest BCUT2D eigenvalue weighted by Gasteiger charge is -2.40. The number of amides is 1. The van der Waals surface area contributed by atoms with Crippen LogP contribution in [0.4, 0.5) is 0 Å². The van der Waals surface area contributed by atoms with E-state index in [1.807, 2.05) is 16.8 Å². The fourth-order valence-electron chi connectivity index (χ4n) is 3.51. The maximum atomic E-state index is 12.6. The summed E-state index contributed by atoms with van der Waals surface area (Å²) in [5.41, 5.74) is 0.994. The Balaban J connectivity index is 2.13. The van der Waals surface area contributed by atoms with Crippen LogP contribution >= 0.6 is 15.9 Å². The Kier molecular flexibility index (Phi) is 5.18. The first-order valence-electron chi connectivity index (χ1n) is 7.99. The standard InChI is InChI=1S/C17H27BrN2O/c1-5-20-11-12(18)10-15(20)16(21)19-14-9-7-6-8-13(14)17(2,3)4/h10-11,13-14H,5-9H2,1-4H3,(H,19,21). The average Bonchev–Trinajstić information content (AvgIpc) is 2.79. The number of carbonyl (C=O) groups excluding carboxylic acids is 1. The summed E-state index contributed by atoms with van der Waals surface area (Å²) in [7, 11) is 0. The highest BCUT2D eigenvalue weighted by molar-refractivity contribution is 9.10. The van der Waals surface area contributed by atoms with Gasteiger partial charge in [0.1, 0.15) is 5.69 Å². The van der Waals surface area contributed by atoms with Crippen LogP contribution in [0.2, 0.25) is 0 Å². The second kappa shape index (κ2) is 6.55. The Bertz CT molecular complexity index is 501. The molecule has 1 aromatic heterocycles. The van der Waals surface area contributed by atoms with Gasteiger partial charge in [-0.15, -0.1) is 0 Å². The van der Waals surface area contributed by atoms with Gasteiger partial charge in [0.15, 0.2) is 0 Å². The SMILES string of the molecule is CCn1cc(Br)cc1C(=O)NC1CCCCC1C(C)(C)C. The van der Waals surface area contributed by atoms with Gasteiger partial charge in [0, 0.05) is 23.3 Å². The molecule has 0 spiro atoms. The number of halogens is 1. The van der Waals surface area contributed by atoms with E-state index in [1.165, 1.54) is 19.3 Å². The van der Waals surface area contributed by atoms with Crippen LogP contribution in [0, 0.1) is 11.3 Å². The number of nitrogens with zero attached hydrogens (tertiary/aromatic N) is 1. The van der Waals surface area contributed by atoms with Crippen LogP contribution in [-0.2, 0) is 6.54 Å². The molecule has 21 heavy (non-hydrogen) atoms. The van der Waals surface area contributed by atoms with Gasteiger partial charge < -0.3 is 9.88 Å². The number of rotatable bonds is 3. The van der Waals surface area contributed by atoms with E-state index in [-0.39, 0.29) is 11.3 Å². The van der Waals surface area contributed by atoms with E-state index in [1.54, 1.807) is 0 Å². The summed E-state index contributed by atoms with van der Waals surface area (Å²) >= 11 is 3.46. The predicted octanol–water partition coefficient (Wildman–Crippen LogP) is 4.61. The van der Waals surface area contributed by atoms with Gasteiger partial charge in [0.2, 0.25) is 0 Å². The summed E-state index contributed by atoms with van der Waals surface area (Å²) in [5, 5.41) is 3.30. The van der Waals surface area contributed by atoms with E-state index in [9.17, 15) is 4.79 Å². The van der Waals surface area contributed by atoms with Gasteiger partial charge in [-0.25, -0.2) is 0 Å². The number of hydrogen-bond acceptors (Lipinski definition) is 1. The topological polar surface area (TPSA) is 34.0 Å². The molecule has 1 saturated carbocycles. The van der Waals surface area contributed by atoms with Gasteiger partial charge in [-0.05, 0) is 53.1 Å². The lowest BCUT2D eigenvalue weighted by atomic mass is 9.69. The highest BCUT2D eigenvalue weighted by Gasteiger charge is 2.35. The monoisotopic (exact) mass is 354 g/mol. The molecule has 1 amide bonds. The second-order valence-electron chi connectivity index (χ2n) is 7.17. The highest BCUT2D eigenvalue weighted by Crippen LogP contribution is 2.38. The third-order valence-corrected chi connectivity index (χ3v) is 5.07. The first-order valence-corrected chi connectivity index (χ1v) is 8.78. The van der Waals surface area contributed by atoms with Crippen molar-refractivity contribution in [1.29, 1.82) is 0 Å². The molecule has 0 radical (unpaired) electrons. The summed E-state index contributed by atoms with van der Waals surface area (Å²) in [5.74, 6) is 0.618. The molecule has 1 heterocycles. The van der Waals surface area contributed by atoms with Gasteiger partial charge >= 0.3 is 0 Å². The van der Waals surface area contributed by atoms with Gasteiger partial charge in [0.25, 0.3) is 5.91 Å². The molecule has 0 aromatic carbocycles. The number of aromatic nitrogens is 1. The van der Waals surface area contributed by atoms with E-state index in [0.29, 0.717) is 12.0 Å². The molecule has 1 N–H and O–H groups in total. The Morgan fingerprint density at radius 1 is 1.38 bits per heavy atom. The molecule has 118 valence electrons. The quantitative estimate of drug-likeness (QED) is 0.844. The fourth-order valence-corrected chi connectivity index (χ4v) is 3.97. The van der Waals surface area contributed by atoms with Crippen LogP contribution < -0.4 is 5.32 Å². The molecule has 1 fully saturated rings. The number of aryl methyl sites for hydroxylation is 1. The van der Waals surface area contributed by atoms with Crippen molar-refractivity contribution in [3.8, 4) is 0 Å². The van der Waals surface area contributed by atoms with Crippen LogP contribution in [0.15, 0.2) is 16.7 Å². The largest absolute Gasteiger partial charge is 0.348 e. The summed E-state index contributed by atoms with van der Waals surface area (Å²) in [6, 6.07) is 2.21. The van der Waals surface area contributed by atoms with E-state index >= 15 is 0 Å². The molecule has 1 aromatic rings. The van der Waals surface area contributed by atoms with Crippen molar-refractivity contribution in [2.45, 2.75) is 66.0 Å². The van der Waals surface area contributed by atoms with Gasteiger partial charge in [-0.2, -0.15) is 0 Å². The van der Waals surface area contributed by atoms with Gasteiger partial charge in [-0.1, -0.05) is 33.6 Å². The summed E-state index contributed by atoms with van der Waals surface area (Å²) in [6.45, 7) is 9.72. The van der Waals surface area contributed by atoms with Crippen molar-refractivity contribution in [3.05, 3.63) is 22.4 Å². The summed E-state index contributed by atoms with van der Waals surface area (Å²) < 4.78 is 2.96. The van der Waals surface area contributed by atoms with Crippen LogP contribution in [0.1, 0.15) is 63.9 Å². The van der Waals surface area contributed by atoms with Gasteiger partial charge in [0.05, 0.1) is 0 Å². The Morgan fingerprint density at radius 2 is 2.05 bits per heavy atom. The Hall–Kier alpha value is -0.770. The zero-order valence-electron chi connectivity index (χ0n) is 13.6. The molecular weight excluding hydrogens is 328 g/mol. The minimum atomic E-state index is 0.0590. The molecule has 2 rings (SSSR count). The minimum Gasteiger partial charge on any atom is -0.348 e. The summed E-state index contributed by atoms with van der Waals surface area (Å²) in [6.07, 6.45) is 6.78. The third-order valence-electron chi connectivity index (χ3n) is 4.63. The van der Waals surface area contributed by atoms with Crippen molar-refractivity contribution in [3.63, 3.8) is 0 Å². The second-order valence-corrected chi connectivity index (χ2v) is 8.08. The average molecular weight is 355 g/mol. The van der Waals surface area contributed by atoms with E-state index in [4.69, 9.17) is 0 Å². The maximum Gasteiger partial charge on any atom is 0.268 e.